The Kier molecular flexibility index (Phi) is 6.09. The van der Waals surface area contributed by atoms with Crippen molar-refractivity contribution in [3.8, 4) is 0 Å². The Morgan fingerprint density at radius 2 is 2.24 bits per heavy atom. The molecule has 1 aliphatic rings. The van der Waals surface area contributed by atoms with Crippen LogP contribution in [-0.2, 0) is 9.53 Å². The van der Waals surface area contributed by atoms with E-state index in [1.54, 1.807) is 6.92 Å². The van der Waals surface area contributed by atoms with Crippen LogP contribution in [0.3, 0.4) is 0 Å². The summed E-state index contributed by atoms with van der Waals surface area (Å²) in [4.78, 5) is 13.4. The smallest absolute Gasteiger partial charge is 0.131 e. The molecular weight excluding hydrogens is 218 g/mol. The number of aliphatic hydroxyl groups is 1. The number of β-amino-alcohol motifs (C(OH)–C–C–N with tert-alkyl or cyclic N) is 1. The highest BCUT2D eigenvalue weighted by Gasteiger charge is 2.27. The molecule has 0 amide bonds. The van der Waals surface area contributed by atoms with Crippen molar-refractivity contribution in [3.63, 3.8) is 0 Å². The number of ketones is 1. The first-order valence-electron chi connectivity index (χ1n) is 6.52. The molecule has 0 radical (unpaired) electrons. The average Bonchev–Trinajstić information content (AvgIpc) is 2.62. The molecule has 4 heteroatoms. The fourth-order valence-corrected chi connectivity index (χ4v) is 2.33. The fourth-order valence-electron chi connectivity index (χ4n) is 2.33. The monoisotopic (exact) mass is 243 g/mol. The van der Waals surface area contributed by atoms with Crippen LogP contribution in [0, 0.1) is 0 Å². The number of nitrogens with zero attached hydrogens (tertiary/aromatic N) is 1. The molecule has 1 fully saturated rings. The number of likely N-dealkylation sites (tertiary alicyclic amines) is 1. The molecule has 0 bridgehead atoms. The zero-order valence-electron chi connectivity index (χ0n) is 11.2. The Morgan fingerprint density at radius 3 is 2.82 bits per heavy atom. The molecule has 100 valence electrons. The summed E-state index contributed by atoms with van der Waals surface area (Å²) in [5.41, 5.74) is 0. The predicted octanol–water partition coefficient (Wildman–Crippen LogP) is 1.22. The van der Waals surface area contributed by atoms with Gasteiger partial charge in [0.05, 0.1) is 18.8 Å². The van der Waals surface area contributed by atoms with Crippen molar-refractivity contribution in [1.29, 1.82) is 0 Å². The molecule has 0 spiro atoms. The van der Waals surface area contributed by atoms with E-state index >= 15 is 0 Å². The van der Waals surface area contributed by atoms with Gasteiger partial charge in [-0.3, -0.25) is 9.69 Å². The first-order chi connectivity index (χ1) is 7.99. The molecule has 2 unspecified atom stereocenters. The van der Waals surface area contributed by atoms with Crippen LogP contribution in [0.15, 0.2) is 0 Å². The van der Waals surface area contributed by atoms with Gasteiger partial charge in [0.2, 0.25) is 0 Å². The Labute approximate surface area is 104 Å². The first-order valence-corrected chi connectivity index (χ1v) is 6.52. The van der Waals surface area contributed by atoms with Gasteiger partial charge in [-0.15, -0.1) is 0 Å². The Morgan fingerprint density at radius 1 is 1.53 bits per heavy atom. The first kappa shape index (κ1) is 14.6. The number of aliphatic hydroxyl groups excluding tert-OH is 1. The van der Waals surface area contributed by atoms with Gasteiger partial charge in [0, 0.05) is 19.0 Å². The van der Waals surface area contributed by atoms with Gasteiger partial charge in [0.15, 0.2) is 0 Å². The minimum absolute atomic E-state index is 0.149. The van der Waals surface area contributed by atoms with E-state index in [1.807, 2.05) is 13.8 Å². The van der Waals surface area contributed by atoms with Crippen molar-refractivity contribution in [2.24, 2.45) is 0 Å². The summed E-state index contributed by atoms with van der Waals surface area (Å²) in [6.07, 6.45) is 2.49. The number of Topliss-reactive ketones (excluding diaryl/α,β-unsaturated/α-hetero) is 1. The molecule has 0 aromatic carbocycles. The molecule has 0 saturated carbocycles. The van der Waals surface area contributed by atoms with E-state index in [9.17, 15) is 9.90 Å². The second kappa shape index (κ2) is 7.09. The summed E-state index contributed by atoms with van der Waals surface area (Å²) in [6.45, 7) is 7.53. The van der Waals surface area contributed by atoms with Gasteiger partial charge in [-0.2, -0.15) is 0 Å². The number of hydrogen-bond donors (Lipinski definition) is 1. The SMILES string of the molecule is CC(=O)CC1CCCN1CC(O)COC(C)C. The Hall–Kier alpha value is -0.450. The van der Waals surface area contributed by atoms with Gasteiger partial charge < -0.3 is 9.84 Å². The standard InChI is InChI=1S/C13H25NO3/c1-10(2)17-9-13(16)8-14-6-4-5-12(14)7-11(3)15/h10,12-13,16H,4-9H2,1-3H3. The van der Waals surface area contributed by atoms with Crippen LogP contribution in [0.4, 0.5) is 0 Å². The van der Waals surface area contributed by atoms with Crippen LogP contribution in [0.5, 0.6) is 0 Å². The van der Waals surface area contributed by atoms with Crippen LogP contribution < -0.4 is 0 Å². The van der Waals surface area contributed by atoms with Crippen molar-refractivity contribution >= 4 is 5.78 Å². The Balaban J connectivity index is 2.31. The minimum atomic E-state index is -0.454. The van der Waals surface area contributed by atoms with E-state index in [1.165, 1.54) is 0 Å². The lowest BCUT2D eigenvalue weighted by atomic mass is 10.1. The van der Waals surface area contributed by atoms with Crippen LogP contribution in [0.25, 0.3) is 0 Å². The molecule has 1 N–H and O–H groups in total. The molecule has 0 aromatic heterocycles. The van der Waals surface area contributed by atoms with E-state index in [4.69, 9.17) is 4.74 Å². The van der Waals surface area contributed by atoms with Crippen LogP contribution in [-0.4, -0.2) is 53.7 Å². The van der Waals surface area contributed by atoms with Gasteiger partial charge in [0.1, 0.15) is 5.78 Å². The van der Waals surface area contributed by atoms with Gasteiger partial charge >= 0.3 is 0 Å². The van der Waals surface area contributed by atoms with Crippen molar-refractivity contribution in [1.82, 2.24) is 4.90 Å². The van der Waals surface area contributed by atoms with Crippen molar-refractivity contribution < 1.29 is 14.6 Å². The minimum Gasteiger partial charge on any atom is -0.389 e. The predicted molar refractivity (Wildman–Crippen MR) is 67.0 cm³/mol. The highest BCUT2D eigenvalue weighted by Crippen LogP contribution is 2.20. The van der Waals surface area contributed by atoms with Crippen molar-refractivity contribution in [3.05, 3.63) is 0 Å². The largest absolute Gasteiger partial charge is 0.389 e. The summed E-state index contributed by atoms with van der Waals surface area (Å²) >= 11 is 0. The average molecular weight is 243 g/mol. The molecule has 2 atom stereocenters. The topological polar surface area (TPSA) is 49.8 Å². The number of carbonyl (C=O) groups is 1. The summed E-state index contributed by atoms with van der Waals surface area (Å²) in [7, 11) is 0. The third-order valence-corrected chi connectivity index (χ3v) is 3.09. The number of hydrogen-bond acceptors (Lipinski definition) is 4. The molecule has 1 saturated heterocycles. The van der Waals surface area contributed by atoms with E-state index in [0.717, 1.165) is 19.4 Å². The zero-order valence-corrected chi connectivity index (χ0v) is 11.2. The number of rotatable bonds is 7. The van der Waals surface area contributed by atoms with E-state index < -0.39 is 6.10 Å². The van der Waals surface area contributed by atoms with E-state index in [0.29, 0.717) is 25.6 Å². The lowest BCUT2D eigenvalue weighted by Gasteiger charge is -2.26. The van der Waals surface area contributed by atoms with Gasteiger partial charge in [-0.05, 0) is 40.2 Å². The van der Waals surface area contributed by atoms with Gasteiger partial charge in [-0.1, -0.05) is 0 Å². The quantitative estimate of drug-likeness (QED) is 0.730. The highest BCUT2D eigenvalue weighted by atomic mass is 16.5. The fraction of sp³-hybridized carbons (Fsp3) is 0.923. The third kappa shape index (κ3) is 5.61. The van der Waals surface area contributed by atoms with Gasteiger partial charge in [-0.25, -0.2) is 0 Å². The zero-order chi connectivity index (χ0) is 12.8. The molecular formula is C13H25NO3. The van der Waals surface area contributed by atoms with Crippen molar-refractivity contribution in [2.75, 3.05) is 19.7 Å². The van der Waals surface area contributed by atoms with Crippen LogP contribution in [0.1, 0.15) is 40.0 Å². The Bertz CT molecular complexity index is 243. The molecule has 1 rings (SSSR count). The lowest BCUT2D eigenvalue weighted by Crippen LogP contribution is -2.39. The van der Waals surface area contributed by atoms with E-state index in [-0.39, 0.29) is 11.9 Å². The summed E-state index contributed by atoms with van der Waals surface area (Å²) in [5, 5.41) is 9.86. The second-order valence-electron chi connectivity index (χ2n) is 5.23. The maximum absolute atomic E-state index is 11.1. The molecule has 4 nitrogen and oxygen atoms in total. The molecule has 1 heterocycles. The summed E-state index contributed by atoms with van der Waals surface area (Å²) in [5.74, 6) is 0.231. The van der Waals surface area contributed by atoms with Crippen LogP contribution >= 0.6 is 0 Å². The highest BCUT2D eigenvalue weighted by molar-refractivity contribution is 5.76. The normalized spacial score (nSPS) is 23.2. The maximum Gasteiger partial charge on any atom is 0.131 e. The number of carbonyl (C=O) groups excluding carboxylic acids is 1. The molecule has 0 aliphatic carbocycles. The van der Waals surface area contributed by atoms with Gasteiger partial charge in [0.25, 0.3) is 0 Å². The summed E-state index contributed by atoms with van der Waals surface area (Å²) < 4.78 is 5.39. The lowest BCUT2D eigenvalue weighted by molar-refractivity contribution is -0.118. The van der Waals surface area contributed by atoms with Crippen molar-refractivity contribution in [2.45, 2.75) is 58.3 Å². The third-order valence-electron chi connectivity index (χ3n) is 3.09. The maximum atomic E-state index is 11.1. The second-order valence-corrected chi connectivity index (χ2v) is 5.23. The van der Waals surface area contributed by atoms with E-state index in [2.05, 4.69) is 4.90 Å². The van der Waals surface area contributed by atoms with Crippen LogP contribution in [0.2, 0.25) is 0 Å². The molecule has 0 aromatic rings. The summed E-state index contributed by atoms with van der Waals surface area (Å²) in [6, 6.07) is 0.321. The number of ether oxygens (including phenoxy) is 1. The molecule has 1 aliphatic heterocycles. The molecule has 17 heavy (non-hydrogen) atoms.